The average molecular weight is 281 g/mol. The fourth-order valence-corrected chi connectivity index (χ4v) is 3.57. The van der Waals surface area contributed by atoms with E-state index in [4.69, 9.17) is 4.74 Å². The molecule has 0 unspecified atom stereocenters. The normalized spacial score (nSPS) is 29.9. The van der Waals surface area contributed by atoms with Crippen molar-refractivity contribution in [2.45, 2.75) is 38.2 Å². The lowest BCUT2D eigenvalue weighted by molar-refractivity contribution is 0.0406. The molecule has 1 aromatic heterocycles. The number of nitrogens with zero attached hydrogens (tertiary/aromatic N) is 3. The van der Waals surface area contributed by atoms with Gasteiger partial charge >= 0.3 is 0 Å². The van der Waals surface area contributed by atoms with E-state index in [0.717, 1.165) is 51.4 Å². The second-order valence-corrected chi connectivity index (χ2v) is 5.82. The topological polar surface area (TPSA) is 58.5 Å². The minimum absolute atomic E-state index is 0.0263. The first-order valence-electron chi connectivity index (χ1n) is 7.14. The molecule has 2 aliphatic rings. The maximum atomic E-state index is 13.4. The Morgan fingerprint density at radius 3 is 2.95 bits per heavy atom. The van der Waals surface area contributed by atoms with Gasteiger partial charge in [-0.3, -0.25) is 0 Å². The van der Waals surface area contributed by atoms with Gasteiger partial charge in [0, 0.05) is 18.5 Å². The van der Waals surface area contributed by atoms with Gasteiger partial charge in [0.1, 0.15) is 0 Å². The van der Waals surface area contributed by atoms with Gasteiger partial charge in [0.2, 0.25) is 11.8 Å². The second-order valence-electron chi connectivity index (χ2n) is 5.82. The van der Waals surface area contributed by atoms with Crippen LogP contribution in [0.1, 0.15) is 32.1 Å². The molecule has 1 saturated carbocycles. The number of hydrogen-bond acceptors (Lipinski definition) is 5. The van der Waals surface area contributed by atoms with E-state index >= 15 is 0 Å². The monoisotopic (exact) mass is 281 g/mol. The van der Waals surface area contributed by atoms with Crippen molar-refractivity contribution in [2.75, 3.05) is 25.1 Å². The number of ether oxygens (including phenoxy) is 1. The number of rotatable bonds is 2. The van der Waals surface area contributed by atoms with Crippen LogP contribution >= 0.6 is 0 Å². The molecule has 1 spiro atoms. The summed E-state index contributed by atoms with van der Waals surface area (Å²) in [6.07, 6.45) is 5.94. The van der Waals surface area contributed by atoms with E-state index < -0.39 is 5.82 Å². The van der Waals surface area contributed by atoms with E-state index in [9.17, 15) is 9.50 Å². The number of aliphatic hydroxyl groups excluding tert-OH is 1. The van der Waals surface area contributed by atoms with E-state index in [0.29, 0.717) is 5.95 Å². The first-order valence-corrected chi connectivity index (χ1v) is 7.14. The molecule has 2 fully saturated rings. The highest BCUT2D eigenvalue weighted by atomic mass is 19.1. The van der Waals surface area contributed by atoms with Gasteiger partial charge in [0.15, 0.2) is 0 Å². The molecule has 1 aliphatic carbocycles. The highest BCUT2D eigenvalue weighted by molar-refractivity contribution is 5.34. The molecule has 0 radical (unpaired) electrons. The molecule has 110 valence electrons. The Labute approximate surface area is 117 Å². The summed E-state index contributed by atoms with van der Waals surface area (Å²) in [4.78, 5) is 10.2. The van der Waals surface area contributed by atoms with Crippen molar-refractivity contribution in [3.63, 3.8) is 0 Å². The van der Waals surface area contributed by atoms with E-state index in [-0.39, 0.29) is 17.4 Å². The molecule has 1 aromatic rings. The molecule has 3 rings (SSSR count). The van der Waals surface area contributed by atoms with Crippen LogP contribution in [-0.4, -0.2) is 41.4 Å². The van der Waals surface area contributed by atoms with Gasteiger partial charge in [0.25, 0.3) is 5.88 Å². The molecule has 1 aliphatic heterocycles. The molecule has 20 heavy (non-hydrogen) atoms. The minimum Gasteiger partial charge on any atom is -0.479 e. The molecule has 0 aromatic carbocycles. The molecule has 2 heterocycles. The zero-order chi connectivity index (χ0) is 14.2. The summed E-state index contributed by atoms with van der Waals surface area (Å²) < 4.78 is 18.3. The van der Waals surface area contributed by atoms with Crippen LogP contribution in [0.25, 0.3) is 0 Å². The summed E-state index contributed by atoms with van der Waals surface area (Å²) in [5, 5.41) is 10.3. The predicted octanol–water partition coefficient (Wildman–Crippen LogP) is 1.76. The summed E-state index contributed by atoms with van der Waals surface area (Å²) in [6.45, 7) is 1.58. The number of methoxy groups -OCH3 is 1. The number of aliphatic hydroxyl groups is 1. The Kier molecular flexibility index (Phi) is 3.50. The van der Waals surface area contributed by atoms with Crippen LogP contribution in [0.2, 0.25) is 0 Å². The minimum atomic E-state index is -0.552. The molecule has 1 saturated heterocycles. The van der Waals surface area contributed by atoms with Crippen LogP contribution in [0.15, 0.2) is 6.20 Å². The van der Waals surface area contributed by atoms with Crippen molar-refractivity contribution in [1.29, 1.82) is 0 Å². The Hall–Kier alpha value is -1.43. The fourth-order valence-electron chi connectivity index (χ4n) is 3.57. The highest BCUT2D eigenvalue weighted by Gasteiger charge is 2.45. The lowest BCUT2D eigenvalue weighted by Crippen LogP contribution is -2.47. The first kappa shape index (κ1) is 13.5. The van der Waals surface area contributed by atoms with Crippen molar-refractivity contribution >= 4 is 5.95 Å². The van der Waals surface area contributed by atoms with Crippen molar-refractivity contribution in [2.24, 2.45) is 5.41 Å². The van der Waals surface area contributed by atoms with E-state index in [1.807, 2.05) is 4.90 Å². The van der Waals surface area contributed by atoms with E-state index in [1.54, 1.807) is 0 Å². The molecule has 0 amide bonds. The van der Waals surface area contributed by atoms with Crippen molar-refractivity contribution in [1.82, 2.24) is 9.97 Å². The number of aromatic nitrogens is 2. The third-order valence-corrected chi connectivity index (χ3v) is 4.64. The maximum absolute atomic E-state index is 13.4. The van der Waals surface area contributed by atoms with Crippen LogP contribution in [0.3, 0.4) is 0 Å². The molecule has 1 N–H and O–H groups in total. The summed E-state index contributed by atoms with van der Waals surface area (Å²) in [7, 11) is 1.40. The summed E-state index contributed by atoms with van der Waals surface area (Å²) >= 11 is 0. The third-order valence-electron chi connectivity index (χ3n) is 4.64. The summed E-state index contributed by atoms with van der Waals surface area (Å²) in [5.74, 6) is -0.0908. The Morgan fingerprint density at radius 2 is 2.25 bits per heavy atom. The van der Waals surface area contributed by atoms with Crippen molar-refractivity contribution in [3.8, 4) is 5.88 Å². The fraction of sp³-hybridized carbons (Fsp3) is 0.714. The third kappa shape index (κ3) is 2.22. The van der Waals surface area contributed by atoms with Crippen LogP contribution in [-0.2, 0) is 0 Å². The molecule has 6 heteroatoms. The van der Waals surface area contributed by atoms with Gasteiger partial charge < -0.3 is 14.7 Å². The SMILES string of the molecule is COc1nc(N2CCC[C@@]3(CCC[C@H]3O)C2)ncc1F. The van der Waals surface area contributed by atoms with Crippen molar-refractivity contribution < 1.29 is 14.2 Å². The number of piperidine rings is 1. The van der Waals surface area contributed by atoms with Crippen LogP contribution < -0.4 is 9.64 Å². The number of halogens is 1. The van der Waals surface area contributed by atoms with Gasteiger partial charge in [-0.25, -0.2) is 4.98 Å². The summed E-state index contributed by atoms with van der Waals surface area (Å²) in [6, 6.07) is 0. The summed E-state index contributed by atoms with van der Waals surface area (Å²) in [5.41, 5.74) is -0.0385. The Morgan fingerprint density at radius 1 is 1.45 bits per heavy atom. The van der Waals surface area contributed by atoms with Gasteiger partial charge in [-0.15, -0.1) is 0 Å². The average Bonchev–Trinajstić information content (AvgIpc) is 2.80. The van der Waals surface area contributed by atoms with Crippen LogP contribution in [0, 0.1) is 11.2 Å². The molecule has 0 bridgehead atoms. The lowest BCUT2D eigenvalue weighted by atomic mass is 9.77. The van der Waals surface area contributed by atoms with Crippen molar-refractivity contribution in [3.05, 3.63) is 12.0 Å². The zero-order valence-electron chi connectivity index (χ0n) is 11.7. The zero-order valence-corrected chi connectivity index (χ0v) is 11.7. The molecular formula is C14H20FN3O2. The van der Waals surface area contributed by atoms with Crippen LogP contribution in [0.5, 0.6) is 5.88 Å². The molecule has 2 atom stereocenters. The Balaban J connectivity index is 1.83. The number of hydrogen-bond donors (Lipinski definition) is 1. The largest absolute Gasteiger partial charge is 0.479 e. The first-order chi connectivity index (χ1) is 9.64. The van der Waals surface area contributed by atoms with E-state index in [2.05, 4.69) is 9.97 Å². The van der Waals surface area contributed by atoms with Crippen LogP contribution in [0.4, 0.5) is 10.3 Å². The van der Waals surface area contributed by atoms with Gasteiger partial charge in [0.05, 0.1) is 19.4 Å². The Bertz CT molecular complexity index is 499. The van der Waals surface area contributed by atoms with Gasteiger partial charge in [-0.1, -0.05) is 6.42 Å². The molecule has 5 nitrogen and oxygen atoms in total. The van der Waals surface area contributed by atoms with E-state index in [1.165, 1.54) is 7.11 Å². The highest BCUT2D eigenvalue weighted by Crippen LogP contribution is 2.45. The van der Waals surface area contributed by atoms with Gasteiger partial charge in [-0.05, 0) is 25.7 Å². The predicted molar refractivity (Wildman–Crippen MR) is 72.3 cm³/mol. The number of anilines is 1. The maximum Gasteiger partial charge on any atom is 0.255 e. The second kappa shape index (κ2) is 5.16. The molecular weight excluding hydrogens is 261 g/mol. The standard InChI is InChI=1S/C14H20FN3O2/c1-20-12-10(15)8-16-13(17-12)18-7-3-6-14(9-18)5-2-4-11(14)19/h8,11,19H,2-7,9H2,1H3/t11-,14+/m1/s1. The lowest BCUT2D eigenvalue weighted by Gasteiger charge is -2.42. The quantitative estimate of drug-likeness (QED) is 0.895. The van der Waals surface area contributed by atoms with Gasteiger partial charge in [-0.2, -0.15) is 9.37 Å². The smallest absolute Gasteiger partial charge is 0.255 e.